The van der Waals surface area contributed by atoms with Crippen LogP contribution in [0.2, 0.25) is 0 Å². The van der Waals surface area contributed by atoms with E-state index in [9.17, 15) is 9.59 Å². The number of ether oxygens (including phenoxy) is 1. The maximum absolute atomic E-state index is 12.2. The number of nitrogens with one attached hydrogen (secondary N) is 3. The van der Waals surface area contributed by atoms with Crippen LogP contribution in [0.1, 0.15) is 22.5 Å². The van der Waals surface area contributed by atoms with Crippen molar-refractivity contribution >= 4 is 28.4 Å². The lowest BCUT2D eigenvalue weighted by Crippen LogP contribution is -2.27. The van der Waals surface area contributed by atoms with E-state index in [1.165, 1.54) is 0 Å². The lowest BCUT2D eigenvalue weighted by molar-refractivity contribution is -0.116. The quantitative estimate of drug-likeness (QED) is 0.536. The first kappa shape index (κ1) is 18.7. The molecule has 0 bridgehead atoms. The molecule has 0 unspecified atom stereocenters. The van der Waals surface area contributed by atoms with Crippen LogP contribution in [0.5, 0.6) is 0 Å². The molecule has 0 aliphatic rings. The molecule has 2 amide bonds. The predicted molar refractivity (Wildman–Crippen MR) is 106 cm³/mol. The molecule has 6 heteroatoms. The number of carbonyl (C=O) groups excluding carboxylic acids is 2. The summed E-state index contributed by atoms with van der Waals surface area (Å²) in [6.07, 6.45) is 1.12. The number of benzene rings is 2. The molecule has 0 radical (unpaired) electrons. The summed E-state index contributed by atoms with van der Waals surface area (Å²) in [5.74, 6) is -0.219. The van der Waals surface area contributed by atoms with Gasteiger partial charge in [-0.05, 0) is 36.2 Å². The molecule has 0 saturated carbocycles. The predicted octanol–water partition coefficient (Wildman–Crippen LogP) is 3.12. The molecule has 3 aromatic rings. The van der Waals surface area contributed by atoms with Crippen molar-refractivity contribution in [3.8, 4) is 0 Å². The summed E-state index contributed by atoms with van der Waals surface area (Å²) in [6.45, 7) is 0.915. The fourth-order valence-corrected chi connectivity index (χ4v) is 2.82. The fourth-order valence-electron chi connectivity index (χ4n) is 2.82. The van der Waals surface area contributed by atoms with Gasteiger partial charge in [0.2, 0.25) is 5.91 Å². The molecule has 1 heterocycles. The van der Waals surface area contributed by atoms with Gasteiger partial charge < -0.3 is 20.4 Å². The van der Waals surface area contributed by atoms with Gasteiger partial charge in [0, 0.05) is 36.7 Å². The molecule has 0 aliphatic carbocycles. The first-order valence-corrected chi connectivity index (χ1v) is 8.89. The molecule has 2 aromatic carbocycles. The van der Waals surface area contributed by atoms with E-state index in [0.717, 1.165) is 16.5 Å². The third-order valence-corrected chi connectivity index (χ3v) is 4.22. The molecule has 0 aliphatic heterocycles. The van der Waals surface area contributed by atoms with Gasteiger partial charge in [0.15, 0.2) is 0 Å². The van der Waals surface area contributed by atoms with Crippen molar-refractivity contribution in [3.63, 3.8) is 0 Å². The summed E-state index contributed by atoms with van der Waals surface area (Å²) in [5.41, 5.74) is 3.17. The number of fused-ring (bicyclic) bond motifs is 1. The molecular weight excluding hydrogens is 342 g/mol. The normalized spacial score (nSPS) is 10.7. The average Bonchev–Trinajstić information content (AvgIpc) is 3.11. The number of amides is 2. The highest BCUT2D eigenvalue weighted by Gasteiger charge is 2.10. The van der Waals surface area contributed by atoms with Crippen LogP contribution in [-0.4, -0.2) is 37.1 Å². The second-order valence-electron chi connectivity index (χ2n) is 6.27. The van der Waals surface area contributed by atoms with E-state index in [1.807, 2.05) is 48.5 Å². The number of hydrogen-bond donors (Lipinski definition) is 3. The summed E-state index contributed by atoms with van der Waals surface area (Å²) >= 11 is 0. The Hall–Kier alpha value is -3.12. The molecule has 0 spiro atoms. The van der Waals surface area contributed by atoms with Crippen molar-refractivity contribution < 1.29 is 14.3 Å². The summed E-state index contributed by atoms with van der Waals surface area (Å²) in [4.78, 5) is 27.4. The Kier molecular flexibility index (Phi) is 6.22. The van der Waals surface area contributed by atoms with Crippen molar-refractivity contribution in [2.45, 2.75) is 12.8 Å². The average molecular weight is 365 g/mol. The summed E-state index contributed by atoms with van der Waals surface area (Å²) in [6, 6.07) is 17.2. The Labute approximate surface area is 157 Å². The molecular formula is C21H23N3O3. The zero-order chi connectivity index (χ0) is 19.1. The van der Waals surface area contributed by atoms with Gasteiger partial charge in [-0.3, -0.25) is 9.59 Å². The monoisotopic (exact) mass is 365 g/mol. The Balaban J connectivity index is 1.60. The maximum Gasteiger partial charge on any atom is 0.267 e. The molecule has 0 saturated heterocycles. The Morgan fingerprint density at radius 1 is 1.07 bits per heavy atom. The number of H-pyrrole nitrogens is 1. The molecule has 0 atom stereocenters. The first-order chi connectivity index (χ1) is 13.2. The number of hydrogen-bond acceptors (Lipinski definition) is 3. The van der Waals surface area contributed by atoms with Crippen LogP contribution in [0.4, 0.5) is 5.69 Å². The van der Waals surface area contributed by atoms with Gasteiger partial charge in [0.1, 0.15) is 5.69 Å². The van der Waals surface area contributed by atoms with Crippen LogP contribution < -0.4 is 10.6 Å². The van der Waals surface area contributed by atoms with E-state index < -0.39 is 0 Å². The fraction of sp³-hybridized carbons (Fsp3) is 0.238. The number of rotatable bonds is 8. The van der Waals surface area contributed by atoms with Crippen LogP contribution in [-0.2, 0) is 16.0 Å². The summed E-state index contributed by atoms with van der Waals surface area (Å²) < 4.78 is 4.92. The second-order valence-corrected chi connectivity index (χ2v) is 6.27. The highest BCUT2D eigenvalue weighted by atomic mass is 16.5. The van der Waals surface area contributed by atoms with Gasteiger partial charge in [0.25, 0.3) is 5.91 Å². The van der Waals surface area contributed by atoms with Gasteiger partial charge in [-0.2, -0.15) is 0 Å². The molecule has 3 rings (SSSR count). The number of methoxy groups -OCH3 is 1. The van der Waals surface area contributed by atoms with Crippen molar-refractivity contribution in [1.29, 1.82) is 0 Å². The van der Waals surface area contributed by atoms with Crippen molar-refractivity contribution in [2.24, 2.45) is 0 Å². The van der Waals surface area contributed by atoms with Crippen LogP contribution >= 0.6 is 0 Å². The zero-order valence-corrected chi connectivity index (χ0v) is 15.2. The largest absolute Gasteiger partial charge is 0.383 e. The Morgan fingerprint density at radius 3 is 2.67 bits per heavy atom. The minimum Gasteiger partial charge on any atom is -0.383 e. The van der Waals surface area contributed by atoms with E-state index in [0.29, 0.717) is 37.4 Å². The van der Waals surface area contributed by atoms with Crippen LogP contribution in [0, 0.1) is 0 Å². The Bertz CT molecular complexity index is 919. The second kappa shape index (κ2) is 9.00. The highest BCUT2D eigenvalue weighted by molar-refractivity contribution is 5.99. The van der Waals surface area contributed by atoms with E-state index in [2.05, 4.69) is 15.6 Å². The standard InChI is InChI=1S/C21H23N3O3/c1-27-12-11-22-21(26)19-14-16-13-17(8-9-18(16)24-19)23-20(25)10-7-15-5-3-2-4-6-15/h2-6,8-9,13-14,24H,7,10-12H2,1H3,(H,22,26)(H,23,25). The Morgan fingerprint density at radius 2 is 1.89 bits per heavy atom. The topological polar surface area (TPSA) is 83.2 Å². The van der Waals surface area contributed by atoms with Crippen molar-refractivity contribution in [2.75, 3.05) is 25.6 Å². The third-order valence-electron chi connectivity index (χ3n) is 4.22. The number of carbonyl (C=O) groups is 2. The maximum atomic E-state index is 12.2. The van der Waals surface area contributed by atoms with Gasteiger partial charge >= 0.3 is 0 Å². The molecule has 140 valence electrons. The number of aromatic nitrogens is 1. The zero-order valence-electron chi connectivity index (χ0n) is 15.2. The molecule has 6 nitrogen and oxygen atoms in total. The van der Waals surface area contributed by atoms with Crippen molar-refractivity contribution in [3.05, 3.63) is 65.9 Å². The van der Waals surface area contributed by atoms with E-state index in [4.69, 9.17) is 4.74 Å². The molecule has 3 N–H and O–H groups in total. The molecule has 27 heavy (non-hydrogen) atoms. The van der Waals surface area contributed by atoms with Crippen LogP contribution in [0.15, 0.2) is 54.6 Å². The van der Waals surface area contributed by atoms with Crippen molar-refractivity contribution in [1.82, 2.24) is 10.3 Å². The lowest BCUT2D eigenvalue weighted by atomic mass is 10.1. The minimum absolute atomic E-state index is 0.0359. The SMILES string of the molecule is COCCNC(=O)c1cc2cc(NC(=O)CCc3ccccc3)ccc2[nH]1. The number of aryl methyl sites for hydroxylation is 1. The van der Waals surface area contributed by atoms with Gasteiger partial charge in [-0.25, -0.2) is 0 Å². The van der Waals surface area contributed by atoms with Gasteiger partial charge in [-0.1, -0.05) is 30.3 Å². The number of aromatic amines is 1. The van der Waals surface area contributed by atoms with Crippen LogP contribution in [0.3, 0.4) is 0 Å². The van der Waals surface area contributed by atoms with E-state index in [1.54, 1.807) is 13.2 Å². The van der Waals surface area contributed by atoms with Gasteiger partial charge in [-0.15, -0.1) is 0 Å². The number of anilines is 1. The molecule has 1 aromatic heterocycles. The van der Waals surface area contributed by atoms with E-state index in [-0.39, 0.29) is 11.8 Å². The lowest BCUT2D eigenvalue weighted by Gasteiger charge is -2.05. The minimum atomic E-state index is -0.184. The third kappa shape index (κ3) is 5.18. The van der Waals surface area contributed by atoms with E-state index >= 15 is 0 Å². The first-order valence-electron chi connectivity index (χ1n) is 8.89. The van der Waals surface area contributed by atoms with Gasteiger partial charge in [0.05, 0.1) is 6.61 Å². The summed E-state index contributed by atoms with van der Waals surface area (Å²) in [7, 11) is 1.59. The molecule has 0 fully saturated rings. The summed E-state index contributed by atoms with van der Waals surface area (Å²) in [5, 5.41) is 6.56. The highest BCUT2D eigenvalue weighted by Crippen LogP contribution is 2.20. The smallest absolute Gasteiger partial charge is 0.267 e. The van der Waals surface area contributed by atoms with Crippen LogP contribution in [0.25, 0.3) is 10.9 Å².